The Morgan fingerprint density at radius 1 is 1.67 bits per heavy atom. The average Bonchev–Trinajstić information content (AvgIpc) is 2.61. The van der Waals surface area contributed by atoms with Crippen LogP contribution in [0.1, 0.15) is 25.5 Å². The molecule has 5 nitrogen and oxygen atoms in total. The van der Waals surface area contributed by atoms with Crippen molar-refractivity contribution >= 4 is 11.1 Å². The molecule has 1 saturated heterocycles. The molecule has 1 aliphatic heterocycles. The summed E-state index contributed by atoms with van der Waals surface area (Å²) in [7, 11) is 0. The minimum atomic E-state index is -2.38. The van der Waals surface area contributed by atoms with E-state index in [1.807, 2.05) is 0 Å². The van der Waals surface area contributed by atoms with Crippen LogP contribution in [0.25, 0.3) is 0 Å². The molecular weight excluding hydrogens is 223 g/mol. The van der Waals surface area contributed by atoms with E-state index in [1.165, 1.54) is 0 Å². The molecule has 0 amide bonds. The molecule has 2 rings (SSSR count). The van der Waals surface area contributed by atoms with Gasteiger partial charge in [0.25, 0.3) is 0 Å². The summed E-state index contributed by atoms with van der Waals surface area (Å²) in [6.45, 7) is 0.573. The van der Waals surface area contributed by atoms with Crippen LogP contribution in [0.5, 0.6) is 0 Å². The van der Waals surface area contributed by atoms with Crippen LogP contribution in [-0.2, 0) is 15.8 Å². The highest BCUT2D eigenvalue weighted by Gasteiger charge is 2.24. The molecule has 1 aromatic rings. The van der Waals surface area contributed by atoms with Gasteiger partial charge < -0.3 is 9.29 Å². The largest absolute Gasteiger partial charge is 0.356 e. The third-order valence-electron chi connectivity index (χ3n) is 2.30. The lowest BCUT2D eigenvalue weighted by Crippen LogP contribution is -2.21. The minimum absolute atomic E-state index is 0.318. The van der Waals surface area contributed by atoms with Crippen molar-refractivity contribution in [2.24, 2.45) is 0 Å². The van der Waals surface area contributed by atoms with Crippen LogP contribution in [0.2, 0.25) is 0 Å². The summed E-state index contributed by atoms with van der Waals surface area (Å²) in [6, 6.07) is 0. The maximum atomic E-state index is 13.1. The lowest BCUT2D eigenvalue weighted by molar-refractivity contribution is -0.0453. The van der Waals surface area contributed by atoms with Crippen molar-refractivity contribution in [3.05, 3.63) is 12.0 Å². The summed E-state index contributed by atoms with van der Waals surface area (Å²) in [6.07, 6.45) is 3.10. The van der Waals surface area contributed by atoms with E-state index in [4.69, 9.17) is 9.29 Å². The fraction of sp³-hybridized carbons (Fsp3) is 0.625. The summed E-state index contributed by atoms with van der Waals surface area (Å²) < 4.78 is 39.5. The Bertz CT molecular complexity index is 376. The highest BCUT2D eigenvalue weighted by molar-refractivity contribution is 7.79. The van der Waals surface area contributed by atoms with Gasteiger partial charge in [0.15, 0.2) is 17.1 Å². The Labute approximate surface area is 88.5 Å². The predicted molar refractivity (Wildman–Crippen MR) is 50.1 cm³/mol. The topological polar surface area (TPSA) is 64.3 Å². The van der Waals surface area contributed by atoms with E-state index in [0.29, 0.717) is 13.0 Å². The number of halogens is 1. The van der Waals surface area contributed by atoms with Crippen LogP contribution in [0.3, 0.4) is 0 Å². The van der Waals surface area contributed by atoms with Crippen LogP contribution in [-0.4, -0.2) is 25.1 Å². The number of ether oxygens (including phenoxy) is 1. The van der Waals surface area contributed by atoms with Crippen molar-refractivity contribution in [1.82, 2.24) is 9.78 Å². The number of hydrogen-bond donors (Lipinski definition) is 1. The second kappa shape index (κ2) is 4.38. The lowest BCUT2D eigenvalue weighted by atomic mass is 10.2. The average molecular weight is 234 g/mol. The number of hydrogen-bond acceptors (Lipinski definition) is 3. The Kier molecular flexibility index (Phi) is 3.13. The van der Waals surface area contributed by atoms with Crippen molar-refractivity contribution in [3.63, 3.8) is 0 Å². The molecule has 2 unspecified atom stereocenters. The van der Waals surface area contributed by atoms with E-state index < -0.39 is 23.1 Å². The normalized spacial score (nSPS) is 24.0. The van der Waals surface area contributed by atoms with Crippen LogP contribution >= 0.6 is 0 Å². The maximum Gasteiger partial charge on any atom is 0.208 e. The van der Waals surface area contributed by atoms with Gasteiger partial charge in [-0.25, -0.2) is 13.3 Å². The first kappa shape index (κ1) is 10.7. The lowest BCUT2D eigenvalue weighted by Gasteiger charge is -2.23. The number of nitrogens with zero attached hydrogens (tertiary/aromatic N) is 2. The molecule has 84 valence electrons. The third-order valence-corrected chi connectivity index (χ3v) is 3.01. The second-order valence-electron chi connectivity index (χ2n) is 3.31. The van der Waals surface area contributed by atoms with Crippen molar-refractivity contribution in [3.8, 4) is 0 Å². The zero-order valence-electron chi connectivity index (χ0n) is 7.93. The van der Waals surface area contributed by atoms with Crippen LogP contribution in [0.4, 0.5) is 4.39 Å². The summed E-state index contributed by atoms with van der Waals surface area (Å²) in [5.41, 5.74) is 0. The maximum absolute atomic E-state index is 13.1. The quantitative estimate of drug-likeness (QED) is 0.783. The first-order valence-electron chi connectivity index (χ1n) is 4.65. The van der Waals surface area contributed by atoms with E-state index in [2.05, 4.69) is 5.10 Å². The third kappa shape index (κ3) is 2.09. The van der Waals surface area contributed by atoms with Gasteiger partial charge in [-0.05, 0) is 19.3 Å². The van der Waals surface area contributed by atoms with E-state index in [9.17, 15) is 8.60 Å². The molecule has 1 fully saturated rings. The zero-order valence-corrected chi connectivity index (χ0v) is 8.74. The second-order valence-corrected chi connectivity index (χ2v) is 4.20. The monoisotopic (exact) mass is 234 g/mol. The Morgan fingerprint density at radius 3 is 3.07 bits per heavy atom. The molecule has 1 aliphatic rings. The zero-order chi connectivity index (χ0) is 10.8. The van der Waals surface area contributed by atoms with Crippen molar-refractivity contribution in [2.75, 3.05) is 6.61 Å². The Morgan fingerprint density at radius 2 is 2.47 bits per heavy atom. The summed E-state index contributed by atoms with van der Waals surface area (Å²) in [5, 5.41) is 3.41. The van der Waals surface area contributed by atoms with E-state index in [1.54, 1.807) is 0 Å². The van der Waals surface area contributed by atoms with Crippen LogP contribution < -0.4 is 0 Å². The number of aromatic nitrogens is 2. The Hall–Kier alpha value is -0.790. The first-order valence-corrected chi connectivity index (χ1v) is 5.76. The highest BCUT2D eigenvalue weighted by atomic mass is 32.2. The fourth-order valence-electron chi connectivity index (χ4n) is 1.62. The minimum Gasteiger partial charge on any atom is -0.356 e. The first-order chi connectivity index (χ1) is 7.20. The molecule has 1 aromatic heterocycles. The van der Waals surface area contributed by atoms with Crippen LogP contribution in [0.15, 0.2) is 11.2 Å². The molecule has 0 radical (unpaired) electrons. The molecule has 0 saturated carbocycles. The summed E-state index contributed by atoms with van der Waals surface area (Å²) in [5.74, 6) is -0.773. The van der Waals surface area contributed by atoms with E-state index in [0.717, 1.165) is 23.7 Å². The van der Waals surface area contributed by atoms with Crippen LogP contribution in [0, 0.1) is 5.82 Å². The van der Waals surface area contributed by atoms with Gasteiger partial charge in [0, 0.05) is 6.61 Å². The van der Waals surface area contributed by atoms with Gasteiger partial charge in [-0.15, -0.1) is 0 Å². The van der Waals surface area contributed by atoms with Crippen molar-refractivity contribution in [2.45, 2.75) is 30.5 Å². The van der Waals surface area contributed by atoms with Gasteiger partial charge in [0.1, 0.15) is 0 Å². The fourth-order valence-corrected chi connectivity index (χ4v) is 2.16. The summed E-state index contributed by atoms with van der Waals surface area (Å²) in [4.78, 5) is 0. The molecule has 0 spiro atoms. The predicted octanol–water partition coefficient (Wildman–Crippen LogP) is 1.30. The molecule has 0 aliphatic carbocycles. The Balaban J connectivity index is 2.30. The van der Waals surface area contributed by atoms with E-state index >= 15 is 0 Å². The van der Waals surface area contributed by atoms with Gasteiger partial charge in [-0.1, -0.05) is 0 Å². The molecule has 0 bridgehead atoms. The van der Waals surface area contributed by atoms with Gasteiger partial charge >= 0.3 is 0 Å². The molecule has 1 N–H and O–H groups in total. The highest BCUT2D eigenvalue weighted by Crippen LogP contribution is 2.25. The van der Waals surface area contributed by atoms with Crippen molar-refractivity contribution in [1.29, 1.82) is 0 Å². The van der Waals surface area contributed by atoms with Crippen molar-refractivity contribution < 1.29 is 17.9 Å². The summed E-state index contributed by atoms with van der Waals surface area (Å²) >= 11 is -2.38. The molecule has 0 aromatic carbocycles. The van der Waals surface area contributed by atoms with E-state index in [-0.39, 0.29) is 5.03 Å². The molecule has 15 heavy (non-hydrogen) atoms. The van der Waals surface area contributed by atoms with Gasteiger partial charge in [0.05, 0.1) is 6.20 Å². The molecule has 7 heteroatoms. The molecular formula is C8H11FN2O3S. The molecule has 2 heterocycles. The van der Waals surface area contributed by atoms with Gasteiger partial charge in [-0.3, -0.25) is 0 Å². The SMILES string of the molecule is O=S(O)c1c(F)cnn1C1CCCCO1. The standard InChI is InChI=1S/C8H11FN2O3S/c9-6-5-10-11(8(6)15(12)13)7-3-1-2-4-14-7/h5,7H,1-4H2,(H,12,13). The molecule has 2 atom stereocenters. The van der Waals surface area contributed by atoms with Gasteiger partial charge in [0.2, 0.25) is 11.1 Å². The number of rotatable bonds is 2. The smallest absolute Gasteiger partial charge is 0.208 e. The van der Waals surface area contributed by atoms with Gasteiger partial charge in [-0.2, -0.15) is 5.10 Å².